The van der Waals surface area contributed by atoms with Crippen molar-refractivity contribution in [1.29, 1.82) is 0 Å². The van der Waals surface area contributed by atoms with Crippen LogP contribution in [0.4, 0.5) is 0 Å². The van der Waals surface area contributed by atoms with Crippen LogP contribution in [0, 0.1) is 0 Å². The normalized spacial score (nSPS) is 10.5. The van der Waals surface area contributed by atoms with Gasteiger partial charge in [-0.2, -0.15) is 0 Å². The van der Waals surface area contributed by atoms with E-state index in [-0.39, 0.29) is 0 Å². The third-order valence-corrected chi connectivity index (χ3v) is 4.19. The molecule has 0 spiro atoms. The average Bonchev–Trinajstić information content (AvgIpc) is 2.58. The molecule has 22 heavy (non-hydrogen) atoms. The number of rotatable bonds is 10. The lowest BCUT2D eigenvalue weighted by Gasteiger charge is -2.05. The largest absolute Gasteiger partial charge is 0.298 e. The summed E-state index contributed by atoms with van der Waals surface area (Å²) in [6, 6.07) is 18.7. The van der Waals surface area contributed by atoms with Gasteiger partial charge in [-0.15, -0.1) is 0 Å². The zero-order chi connectivity index (χ0) is 15.5. The van der Waals surface area contributed by atoms with Crippen LogP contribution in [0.1, 0.15) is 60.0 Å². The van der Waals surface area contributed by atoms with E-state index in [1.165, 1.54) is 56.1 Å². The molecule has 0 N–H and O–H groups in total. The molecule has 0 atom stereocenters. The molecule has 0 bridgehead atoms. The first-order valence-corrected chi connectivity index (χ1v) is 8.47. The summed E-state index contributed by atoms with van der Waals surface area (Å²) >= 11 is 0. The fourth-order valence-electron chi connectivity index (χ4n) is 2.87. The van der Waals surface area contributed by atoms with Gasteiger partial charge in [0.05, 0.1) is 0 Å². The van der Waals surface area contributed by atoms with E-state index in [0.717, 1.165) is 18.3 Å². The van der Waals surface area contributed by atoms with Crippen molar-refractivity contribution >= 4 is 6.29 Å². The van der Waals surface area contributed by atoms with Gasteiger partial charge in [0.25, 0.3) is 0 Å². The zero-order valence-electron chi connectivity index (χ0n) is 13.3. The summed E-state index contributed by atoms with van der Waals surface area (Å²) in [6.45, 7) is 0. The lowest BCUT2D eigenvalue weighted by atomic mass is 10.0. The summed E-state index contributed by atoms with van der Waals surface area (Å²) in [6.07, 6.45) is 10.9. The SMILES string of the molecule is O=Cc1ccccc1CCCCCCCCc1ccccc1. The highest BCUT2D eigenvalue weighted by Crippen LogP contribution is 2.13. The van der Waals surface area contributed by atoms with Crippen molar-refractivity contribution in [3.05, 3.63) is 71.3 Å². The maximum Gasteiger partial charge on any atom is 0.150 e. The standard InChI is InChI=1S/C21H26O/c22-18-21-17-11-10-16-20(21)15-9-4-2-1-3-6-12-19-13-7-5-8-14-19/h5,7-8,10-11,13-14,16-18H,1-4,6,9,12,15H2. The predicted octanol–water partition coefficient (Wildman–Crippen LogP) is 5.62. The van der Waals surface area contributed by atoms with Crippen molar-refractivity contribution in [3.63, 3.8) is 0 Å². The van der Waals surface area contributed by atoms with Gasteiger partial charge in [0.2, 0.25) is 0 Å². The van der Waals surface area contributed by atoms with Crippen LogP contribution in [-0.4, -0.2) is 6.29 Å². The van der Waals surface area contributed by atoms with E-state index in [2.05, 4.69) is 36.4 Å². The summed E-state index contributed by atoms with van der Waals surface area (Å²) in [5, 5.41) is 0. The Kier molecular flexibility index (Phi) is 7.45. The smallest absolute Gasteiger partial charge is 0.150 e. The number of unbranched alkanes of at least 4 members (excludes halogenated alkanes) is 5. The molecule has 0 fully saturated rings. The van der Waals surface area contributed by atoms with Gasteiger partial charge in [-0.3, -0.25) is 4.79 Å². The van der Waals surface area contributed by atoms with Gasteiger partial charge in [0.1, 0.15) is 6.29 Å². The van der Waals surface area contributed by atoms with Crippen molar-refractivity contribution in [3.8, 4) is 0 Å². The van der Waals surface area contributed by atoms with Crippen LogP contribution in [0.3, 0.4) is 0 Å². The Bertz CT molecular complexity index is 545. The number of carbonyl (C=O) groups is 1. The summed E-state index contributed by atoms with van der Waals surface area (Å²) in [7, 11) is 0. The minimum absolute atomic E-state index is 0.852. The molecule has 2 aromatic carbocycles. The first-order valence-electron chi connectivity index (χ1n) is 8.47. The molecular weight excluding hydrogens is 268 g/mol. The molecule has 0 unspecified atom stereocenters. The molecular formula is C21H26O. The summed E-state index contributed by atoms with van der Waals surface area (Å²) in [5.41, 5.74) is 3.50. The molecule has 1 heteroatoms. The first-order chi connectivity index (χ1) is 10.9. The van der Waals surface area contributed by atoms with Crippen molar-refractivity contribution in [2.45, 2.75) is 51.4 Å². The number of benzene rings is 2. The monoisotopic (exact) mass is 294 g/mol. The van der Waals surface area contributed by atoms with Crippen LogP contribution < -0.4 is 0 Å². The van der Waals surface area contributed by atoms with Gasteiger partial charge < -0.3 is 0 Å². The molecule has 0 aromatic heterocycles. The Balaban J connectivity index is 1.52. The maximum absolute atomic E-state index is 11.0. The molecule has 0 aliphatic rings. The van der Waals surface area contributed by atoms with Crippen molar-refractivity contribution in [2.24, 2.45) is 0 Å². The van der Waals surface area contributed by atoms with Crippen LogP contribution in [0.5, 0.6) is 0 Å². The zero-order valence-corrected chi connectivity index (χ0v) is 13.3. The second-order valence-electron chi connectivity index (χ2n) is 5.92. The molecule has 0 aliphatic heterocycles. The summed E-state index contributed by atoms with van der Waals surface area (Å²) < 4.78 is 0. The van der Waals surface area contributed by atoms with Crippen LogP contribution >= 0.6 is 0 Å². The van der Waals surface area contributed by atoms with Crippen molar-refractivity contribution in [1.82, 2.24) is 0 Å². The third-order valence-electron chi connectivity index (χ3n) is 4.19. The highest BCUT2D eigenvalue weighted by molar-refractivity contribution is 5.77. The second kappa shape index (κ2) is 9.94. The Morgan fingerprint density at radius 1 is 0.636 bits per heavy atom. The van der Waals surface area contributed by atoms with Gasteiger partial charge in [-0.1, -0.05) is 80.3 Å². The number of hydrogen-bond acceptors (Lipinski definition) is 1. The van der Waals surface area contributed by atoms with E-state index in [4.69, 9.17) is 0 Å². The molecule has 2 aromatic rings. The van der Waals surface area contributed by atoms with Gasteiger partial charge in [-0.25, -0.2) is 0 Å². The van der Waals surface area contributed by atoms with Crippen LogP contribution in [0.25, 0.3) is 0 Å². The van der Waals surface area contributed by atoms with Crippen LogP contribution in [-0.2, 0) is 12.8 Å². The lowest BCUT2D eigenvalue weighted by Crippen LogP contribution is -1.93. The van der Waals surface area contributed by atoms with E-state index in [1.807, 2.05) is 18.2 Å². The third kappa shape index (κ3) is 5.85. The number of hydrogen-bond donors (Lipinski definition) is 0. The molecule has 0 heterocycles. The molecule has 1 nitrogen and oxygen atoms in total. The summed E-state index contributed by atoms with van der Waals surface area (Å²) in [5.74, 6) is 0. The van der Waals surface area contributed by atoms with E-state index in [0.29, 0.717) is 0 Å². The fourth-order valence-corrected chi connectivity index (χ4v) is 2.87. The van der Waals surface area contributed by atoms with Crippen molar-refractivity contribution < 1.29 is 4.79 Å². The van der Waals surface area contributed by atoms with Gasteiger partial charge in [0, 0.05) is 5.56 Å². The average molecular weight is 294 g/mol. The quantitative estimate of drug-likeness (QED) is 0.410. The molecule has 0 radical (unpaired) electrons. The highest BCUT2D eigenvalue weighted by atomic mass is 16.1. The Hall–Kier alpha value is -1.89. The number of aryl methyl sites for hydroxylation is 2. The topological polar surface area (TPSA) is 17.1 Å². The second-order valence-corrected chi connectivity index (χ2v) is 5.92. The van der Waals surface area contributed by atoms with E-state index >= 15 is 0 Å². The van der Waals surface area contributed by atoms with Crippen LogP contribution in [0.15, 0.2) is 54.6 Å². The molecule has 0 aliphatic carbocycles. The van der Waals surface area contributed by atoms with Gasteiger partial charge in [0.15, 0.2) is 0 Å². The Morgan fingerprint density at radius 2 is 1.23 bits per heavy atom. The molecule has 0 amide bonds. The molecule has 2 rings (SSSR count). The fraction of sp³-hybridized carbons (Fsp3) is 0.381. The van der Waals surface area contributed by atoms with Crippen LogP contribution in [0.2, 0.25) is 0 Å². The number of carbonyl (C=O) groups excluding carboxylic acids is 1. The Labute approximate surface area is 134 Å². The van der Waals surface area contributed by atoms with E-state index in [9.17, 15) is 4.79 Å². The highest BCUT2D eigenvalue weighted by Gasteiger charge is 2.00. The van der Waals surface area contributed by atoms with Gasteiger partial charge in [-0.05, 0) is 36.8 Å². The molecule has 116 valence electrons. The minimum atomic E-state index is 0.852. The lowest BCUT2D eigenvalue weighted by molar-refractivity contribution is 0.112. The molecule has 0 saturated carbocycles. The van der Waals surface area contributed by atoms with Crippen molar-refractivity contribution in [2.75, 3.05) is 0 Å². The Morgan fingerprint density at radius 3 is 1.95 bits per heavy atom. The summed E-state index contributed by atoms with van der Waals surface area (Å²) in [4.78, 5) is 11.0. The van der Waals surface area contributed by atoms with Gasteiger partial charge >= 0.3 is 0 Å². The van der Waals surface area contributed by atoms with E-state index in [1.54, 1.807) is 0 Å². The minimum Gasteiger partial charge on any atom is -0.298 e. The predicted molar refractivity (Wildman–Crippen MR) is 93.4 cm³/mol. The maximum atomic E-state index is 11.0. The molecule has 0 saturated heterocycles. The first kappa shape index (κ1) is 16.5. The van der Waals surface area contributed by atoms with E-state index < -0.39 is 0 Å². The number of aldehydes is 1.